The summed E-state index contributed by atoms with van der Waals surface area (Å²) in [6.07, 6.45) is 2.81. The molecule has 24 atom stereocenters. The van der Waals surface area contributed by atoms with Crippen LogP contribution in [0.15, 0.2) is 12.2 Å². The number of carboxylic acids is 2. The van der Waals surface area contributed by atoms with Crippen molar-refractivity contribution >= 4 is 29.7 Å². The number of aliphatic hydroxyl groups is 14. The molecule has 4 heterocycles. The zero-order valence-electron chi connectivity index (χ0n) is 65.7. The van der Waals surface area contributed by atoms with E-state index < -0.39 is 216 Å². The van der Waals surface area contributed by atoms with Crippen molar-refractivity contribution in [1.82, 2.24) is 16.0 Å². The summed E-state index contributed by atoms with van der Waals surface area (Å²) >= 11 is 0. The summed E-state index contributed by atoms with van der Waals surface area (Å²) in [5.74, 6) is -13.1. The van der Waals surface area contributed by atoms with Gasteiger partial charge in [-0.2, -0.15) is 0 Å². The number of aliphatic hydroxyl groups excluding tert-OH is 14. The number of carboxylic acid groups (broad SMARTS) is 2. The maximum Gasteiger partial charge on any atom is 0.364 e. The predicted octanol–water partition coefficient (Wildman–Crippen LogP) is 3.46. The Balaban J connectivity index is 1.42. The van der Waals surface area contributed by atoms with Crippen molar-refractivity contribution in [3.05, 3.63) is 12.2 Å². The van der Waals surface area contributed by atoms with E-state index in [0.717, 1.165) is 65.2 Å². The monoisotopic (exact) mass is 1580 g/mol. The maximum atomic E-state index is 13.6. The average Bonchev–Trinajstić information content (AvgIpc) is 0.747. The zero-order chi connectivity index (χ0) is 81.2. The Labute approximate surface area is 649 Å². The highest BCUT2D eigenvalue weighted by Crippen LogP contribution is 2.41. The lowest BCUT2D eigenvalue weighted by Crippen LogP contribution is -2.72. The topological polar surface area (TPSA) is 519 Å². The second kappa shape index (κ2) is 54.2. The van der Waals surface area contributed by atoms with E-state index in [1.165, 1.54) is 161 Å². The summed E-state index contributed by atoms with van der Waals surface area (Å²) in [5.41, 5.74) is 0. The summed E-state index contributed by atoms with van der Waals surface area (Å²) in [6, 6.07) is -4.73. The highest BCUT2D eigenvalue weighted by Gasteiger charge is 2.62. The molecule has 110 heavy (non-hydrogen) atoms. The summed E-state index contributed by atoms with van der Waals surface area (Å²) in [5, 5.41) is 185. The van der Waals surface area contributed by atoms with Crippen molar-refractivity contribution in [3.63, 3.8) is 0 Å². The third-order valence-corrected chi connectivity index (χ3v) is 21.5. The van der Waals surface area contributed by atoms with Crippen LogP contribution in [0.3, 0.4) is 0 Å². The quantitative estimate of drug-likeness (QED) is 0.0306. The molecule has 0 aromatic carbocycles. The molecule has 4 aliphatic heterocycles. The van der Waals surface area contributed by atoms with Crippen LogP contribution in [0.25, 0.3) is 0 Å². The van der Waals surface area contributed by atoms with Gasteiger partial charge in [-0.3, -0.25) is 14.4 Å². The molecule has 0 saturated carbocycles. The van der Waals surface area contributed by atoms with Gasteiger partial charge in [-0.1, -0.05) is 231 Å². The highest BCUT2D eigenvalue weighted by molar-refractivity contribution is 5.78. The molecule has 3 unspecified atom stereocenters. The Kier molecular flexibility index (Phi) is 48.6. The molecule has 3 amide bonds. The summed E-state index contributed by atoms with van der Waals surface area (Å²) in [7, 11) is 0. The smallest absolute Gasteiger partial charge is 0.364 e. The first-order valence-corrected chi connectivity index (χ1v) is 41.2. The second-order valence-electron chi connectivity index (χ2n) is 30.7. The van der Waals surface area contributed by atoms with E-state index >= 15 is 0 Å². The van der Waals surface area contributed by atoms with Gasteiger partial charge in [-0.25, -0.2) is 9.59 Å². The normalized spacial score (nSPS) is 30.3. The zero-order valence-corrected chi connectivity index (χ0v) is 65.7. The number of aliphatic carboxylic acids is 2. The molecule has 4 aliphatic rings. The van der Waals surface area contributed by atoms with Crippen molar-refractivity contribution in [2.75, 3.05) is 33.0 Å². The van der Waals surface area contributed by atoms with E-state index in [2.05, 4.69) is 29.8 Å². The number of hydrogen-bond acceptors (Lipinski definition) is 27. The Morgan fingerprint density at radius 2 is 0.909 bits per heavy atom. The number of rotatable bonds is 60. The van der Waals surface area contributed by atoms with Gasteiger partial charge in [0, 0.05) is 33.1 Å². The number of amides is 3. The fraction of sp³-hybridized carbons (Fsp3) is 0.910. The molecule has 4 fully saturated rings. The summed E-state index contributed by atoms with van der Waals surface area (Å²) < 4.78 is 46.6. The largest absolute Gasteiger partial charge is 0.477 e. The Morgan fingerprint density at radius 1 is 0.491 bits per heavy atom. The lowest BCUT2D eigenvalue weighted by Gasteiger charge is -2.51. The van der Waals surface area contributed by atoms with Crippen LogP contribution in [0.5, 0.6) is 0 Å². The van der Waals surface area contributed by atoms with E-state index in [1.807, 2.05) is 6.08 Å². The minimum atomic E-state index is -3.39. The number of allylic oxidation sites excluding steroid dienone is 1. The molecule has 642 valence electrons. The molecule has 0 spiro atoms. The fourth-order valence-corrected chi connectivity index (χ4v) is 14.9. The third kappa shape index (κ3) is 33.1. The minimum Gasteiger partial charge on any atom is -0.477 e. The predicted molar refractivity (Wildman–Crippen MR) is 400 cm³/mol. The molecule has 32 heteroatoms. The number of carbonyl (C=O) groups is 5. The molecule has 4 saturated heterocycles. The lowest BCUT2D eigenvalue weighted by atomic mass is 9.87. The SMILES string of the molecule is CCCCCCCCCCCCC/C=C/[C@@H](O)[C@H](CO[C@@H]1O[C@H](CO)[C@@H](O[C@@H]2O[C@H](CO)[C@H](O)[C@H](O[C@]3(C(=O)O)C[C@H](O)[C@@H](NC(C)=O)C([C@H](O)[C@@H](CO)O[C@]4(C(=O)O)C[C@H](O)[C@@H](NC(C)=O)C([C@H](O)[C@H](O)CO)O4)O3)[C@H]2O)[C@H](O)C1O)NC(=O)CCCCCCCCCCCCCCCCCCCCCCCCC. The second-order valence-corrected chi connectivity index (χ2v) is 30.7. The van der Waals surface area contributed by atoms with Crippen molar-refractivity contribution in [1.29, 1.82) is 0 Å². The molecule has 0 aromatic rings. The number of nitrogens with one attached hydrogen (secondary N) is 3. The van der Waals surface area contributed by atoms with Crippen molar-refractivity contribution in [3.8, 4) is 0 Å². The van der Waals surface area contributed by atoms with E-state index in [9.17, 15) is 106 Å². The van der Waals surface area contributed by atoms with Gasteiger partial charge in [0.1, 0.15) is 85.5 Å². The molecule has 0 radical (unpaired) electrons. The van der Waals surface area contributed by atoms with Crippen LogP contribution in [0.4, 0.5) is 0 Å². The average molecular weight is 1580 g/mol. The van der Waals surface area contributed by atoms with Crippen LogP contribution in [0.2, 0.25) is 0 Å². The molecular weight excluding hydrogens is 1440 g/mol. The van der Waals surface area contributed by atoms with Crippen molar-refractivity contribution in [2.45, 2.75) is 418 Å². The summed E-state index contributed by atoms with van der Waals surface area (Å²) in [6.45, 7) is 1.15. The van der Waals surface area contributed by atoms with Crippen LogP contribution in [0, 0.1) is 0 Å². The van der Waals surface area contributed by atoms with Gasteiger partial charge < -0.3 is 136 Å². The first kappa shape index (κ1) is 98.6. The van der Waals surface area contributed by atoms with Crippen LogP contribution in [0.1, 0.15) is 272 Å². The van der Waals surface area contributed by atoms with Crippen LogP contribution >= 0.6 is 0 Å². The first-order valence-electron chi connectivity index (χ1n) is 41.2. The highest BCUT2D eigenvalue weighted by atomic mass is 16.8. The molecule has 0 bridgehead atoms. The van der Waals surface area contributed by atoms with E-state index in [0.29, 0.717) is 12.8 Å². The van der Waals surface area contributed by atoms with Crippen molar-refractivity contribution < 1.29 is 144 Å². The molecule has 0 aliphatic carbocycles. The molecule has 32 nitrogen and oxygen atoms in total. The van der Waals surface area contributed by atoms with Gasteiger partial charge in [0.15, 0.2) is 12.6 Å². The number of ether oxygens (including phenoxy) is 8. The van der Waals surface area contributed by atoms with Crippen molar-refractivity contribution in [2.24, 2.45) is 0 Å². The Bertz CT molecular complexity index is 2550. The summed E-state index contributed by atoms with van der Waals surface area (Å²) in [4.78, 5) is 65.1. The van der Waals surface area contributed by atoms with Crippen LogP contribution < -0.4 is 16.0 Å². The van der Waals surface area contributed by atoms with Gasteiger partial charge in [0.2, 0.25) is 17.7 Å². The Hall–Kier alpha value is -3.79. The van der Waals surface area contributed by atoms with Gasteiger partial charge in [-0.05, 0) is 19.3 Å². The molecular formula is C78H141N3O29. The standard InChI is InChI=1S/C78H141N3O29/c1-5-7-9-11-13-15-17-19-20-21-22-23-24-25-26-27-28-30-32-34-36-38-40-42-60(92)81-52(53(88)41-39-37-35-33-31-29-18-16-14-12-10-8-6-2)49-103-73-67(97)66(96)69(59(48-85)105-73)106-74-68(98)72(64(94)57(46-83)104-74)110-78(76(101)102)44-55(90)62(80-51(4)87)71(109-78)65(95)58(47-84)107-77(75(99)100)43-54(89)61(79-50(3)86)70(108-77)63(93)56(91)45-82/h39,41,52-59,61-74,82-85,88-91,93-98H,5-38,40,42-49H2,1-4H3,(H,79,86)(H,80,87)(H,81,92)(H,99,100)(H,101,102)/b41-39+/t52-,53+,54-,55-,56+,57+,58+,59+,61+,62+,63+,64-,65+,66+,67?,68+,69+,70?,71?,72-,73+,74-,77+,78-/m0/s1. The van der Waals surface area contributed by atoms with Gasteiger partial charge >= 0.3 is 11.9 Å². The van der Waals surface area contributed by atoms with Crippen LogP contribution in [-0.2, 0) is 61.9 Å². The van der Waals surface area contributed by atoms with E-state index in [-0.39, 0.29) is 12.3 Å². The lowest BCUT2D eigenvalue weighted by molar-refractivity contribution is -0.388. The number of carbonyl (C=O) groups excluding carboxylic acids is 3. The maximum absolute atomic E-state index is 13.6. The first-order chi connectivity index (χ1) is 52.7. The number of hydrogen-bond donors (Lipinski definition) is 19. The van der Waals surface area contributed by atoms with Gasteiger partial charge in [-0.15, -0.1) is 0 Å². The van der Waals surface area contributed by atoms with E-state index in [1.54, 1.807) is 6.08 Å². The Morgan fingerprint density at radius 3 is 1.34 bits per heavy atom. The van der Waals surface area contributed by atoms with Gasteiger partial charge in [0.05, 0.1) is 69.5 Å². The van der Waals surface area contributed by atoms with E-state index in [4.69, 9.17) is 37.9 Å². The molecule has 19 N–H and O–H groups in total. The van der Waals surface area contributed by atoms with Gasteiger partial charge in [0.25, 0.3) is 11.6 Å². The third-order valence-electron chi connectivity index (χ3n) is 21.5. The molecule has 4 rings (SSSR count). The van der Waals surface area contributed by atoms with Crippen LogP contribution in [-0.4, -0.2) is 290 Å². The number of unbranched alkanes of at least 4 members (excludes halogenated alkanes) is 33. The fourth-order valence-electron chi connectivity index (χ4n) is 14.9. The minimum absolute atomic E-state index is 0.156. The molecule has 0 aromatic heterocycles.